The average Bonchev–Trinajstić information content (AvgIpc) is 2.62. The lowest BCUT2D eigenvalue weighted by Crippen LogP contribution is -2.52. The highest BCUT2D eigenvalue weighted by atomic mass is 16.4. The molecule has 0 bridgehead atoms. The number of hydrogen-bond acceptors (Lipinski definition) is 4. The van der Waals surface area contributed by atoms with Crippen molar-refractivity contribution in [3.63, 3.8) is 0 Å². The van der Waals surface area contributed by atoms with Crippen LogP contribution in [0.5, 0.6) is 0 Å². The lowest BCUT2D eigenvalue weighted by Gasteiger charge is -2.35. The molecule has 0 aromatic carbocycles. The number of carbonyl (C=O) groups is 1. The van der Waals surface area contributed by atoms with Crippen molar-refractivity contribution >= 4 is 5.97 Å². The molecular weight excluding hydrogens is 220 g/mol. The van der Waals surface area contributed by atoms with Gasteiger partial charge in [0.1, 0.15) is 5.54 Å². The van der Waals surface area contributed by atoms with Crippen molar-refractivity contribution in [1.82, 2.24) is 4.90 Å². The topological polar surface area (TPSA) is 86.8 Å². The Kier molecular flexibility index (Phi) is 3.43. The number of β-amino-alcohol motifs (C(OH)–C–C–N with tert-alkyl or cyclic N) is 1. The molecule has 1 atom stereocenters. The zero-order chi connectivity index (χ0) is 12.5. The fourth-order valence-electron chi connectivity index (χ4n) is 3.01. The van der Waals surface area contributed by atoms with E-state index in [1.807, 2.05) is 4.90 Å². The van der Waals surface area contributed by atoms with Gasteiger partial charge in [0.2, 0.25) is 0 Å². The van der Waals surface area contributed by atoms with Crippen LogP contribution in [0.25, 0.3) is 0 Å². The predicted octanol–water partition coefficient (Wildman–Crippen LogP) is 0.169. The Morgan fingerprint density at radius 2 is 1.88 bits per heavy atom. The van der Waals surface area contributed by atoms with Crippen LogP contribution in [0.2, 0.25) is 0 Å². The van der Waals surface area contributed by atoms with Gasteiger partial charge in [0.05, 0.1) is 5.60 Å². The number of aliphatic carboxylic acids is 1. The summed E-state index contributed by atoms with van der Waals surface area (Å²) in [6.07, 6.45) is 5.45. The van der Waals surface area contributed by atoms with Gasteiger partial charge in [0.25, 0.3) is 0 Å². The van der Waals surface area contributed by atoms with Crippen LogP contribution in [0.15, 0.2) is 0 Å². The van der Waals surface area contributed by atoms with Crippen molar-refractivity contribution in [2.75, 3.05) is 19.6 Å². The third-order valence-electron chi connectivity index (χ3n) is 4.11. The largest absolute Gasteiger partial charge is 0.480 e. The molecule has 5 heteroatoms. The van der Waals surface area contributed by atoms with Crippen molar-refractivity contribution in [2.24, 2.45) is 5.73 Å². The summed E-state index contributed by atoms with van der Waals surface area (Å²) in [5.41, 5.74) is 4.07. The minimum atomic E-state index is -1.12. The molecule has 1 unspecified atom stereocenters. The van der Waals surface area contributed by atoms with E-state index >= 15 is 0 Å². The van der Waals surface area contributed by atoms with Crippen LogP contribution >= 0.6 is 0 Å². The molecule has 2 fully saturated rings. The summed E-state index contributed by atoms with van der Waals surface area (Å²) in [6, 6.07) is 0. The van der Waals surface area contributed by atoms with E-state index < -0.39 is 17.1 Å². The zero-order valence-corrected chi connectivity index (χ0v) is 10.2. The fraction of sp³-hybridized carbons (Fsp3) is 0.917. The molecule has 17 heavy (non-hydrogen) atoms. The van der Waals surface area contributed by atoms with Gasteiger partial charge in [-0.25, -0.2) is 0 Å². The number of hydrogen-bond donors (Lipinski definition) is 3. The van der Waals surface area contributed by atoms with Crippen LogP contribution in [0, 0.1) is 0 Å². The van der Waals surface area contributed by atoms with E-state index in [0.29, 0.717) is 26.1 Å². The Hall–Kier alpha value is -0.650. The first-order valence-electron chi connectivity index (χ1n) is 6.41. The highest BCUT2D eigenvalue weighted by Crippen LogP contribution is 2.30. The number of aliphatic hydroxyl groups is 1. The number of rotatable bonds is 3. The Morgan fingerprint density at radius 1 is 1.24 bits per heavy atom. The first-order valence-corrected chi connectivity index (χ1v) is 6.41. The Labute approximate surface area is 102 Å². The summed E-state index contributed by atoms with van der Waals surface area (Å²) in [4.78, 5) is 13.0. The van der Waals surface area contributed by atoms with Crippen molar-refractivity contribution in [3.8, 4) is 0 Å². The molecule has 4 N–H and O–H groups in total. The van der Waals surface area contributed by atoms with Gasteiger partial charge >= 0.3 is 5.97 Å². The number of carboxylic acid groups (broad SMARTS) is 1. The van der Waals surface area contributed by atoms with E-state index in [1.54, 1.807) is 0 Å². The molecular formula is C12H22N2O3. The standard InChI is InChI=1S/C12H22N2O3/c13-12(10(15)16)6-7-14(9-12)8-11(17)4-2-1-3-5-11/h17H,1-9,13H2,(H,15,16). The highest BCUT2D eigenvalue weighted by molar-refractivity contribution is 5.79. The van der Waals surface area contributed by atoms with Crippen LogP contribution in [0.4, 0.5) is 0 Å². The van der Waals surface area contributed by atoms with Gasteiger partial charge in [-0.3, -0.25) is 9.69 Å². The predicted molar refractivity (Wildman–Crippen MR) is 63.6 cm³/mol. The average molecular weight is 242 g/mol. The van der Waals surface area contributed by atoms with E-state index in [-0.39, 0.29) is 0 Å². The molecule has 1 aliphatic carbocycles. The molecule has 0 aromatic heterocycles. The fourth-order valence-corrected chi connectivity index (χ4v) is 3.01. The molecule has 5 nitrogen and oxygen atoms in total. The smallest absolute Gasteiger partial charge is 0.325 e. The second-order valence-electron chi connectivity index (χ2n) is 5.71. The van der Waals surface area contributed by atoms with Gasteiger partial charge < -0.3 is 15.9 Å². The summed E-state index contributed by atoms with van der Waals surface area (Å²) in [7, 11) is 0. The van der Waals surface area contributed by atoms with Gasteiger partial charge in [0, 0.05) is 19.6 Å². The quantitative estimate of drug-likeness (QED) is 0.656. The maximum Gasteiger partial charge on any atom is 0.325 e. The minimum Gasteiger partial charge on any atom is -0.480 e. The van der Waals surface area contributed by atoms with Crippen LogP contribution in [-0.2, 0) is 4.79 Å². The number of likely N-dealkylation sites (tertiary alicyclic amines) is 1. The second kappa shape index (κ2) is 4.55. The van der Waals surface area contributed by atoms with E-state index in [0.717, 1.165) is 25.7 Å². The van der Waals surface area contributed by atoms with E-state index in [4.69, 9.17) is 10.8 Å². The maximum absolute atomic E-state index is 11.0. The van der Waals surface area contributed by atoms with Crippen LogP contribution in [0.3, 0.4) is 0 Å². The van der Waals surface area contributed by atoms with Gasteiger partial charge in [0.15, 0.2) is 0 Å². The van der Waals surface area contributed by atoms with Gasteiger partial charge in [-0.15, -0.1) is 0 Å². The number of nitrogens with zero attached hydrogens (tertiary/aromatic N) is 1. The minimum absolute atomic E-state index is 0.352. The lowest BCUT2D eigenvalue weighted by molar-refractivity contribution is -0.143. The maximum atomic E-state index is 11.0. The molecule has 1 saturated heterocycles. The van der Waals surface area contributed by atoms with Crippen LogP contribution in [-0.4, -0.2) is 51.9 Å². The summed E-state index contributed by atoms with van der Waals surface area (Å²) in [6.45, 7) is 1.59. The van der Waals surface area contributed by atoms with E-state index in [1.165, 1.54) is 6.42 Å². The van der Waals surface area contributed by atoms with Crippen molar-refractivity contribution < 1.29 is 15.0 Å². The third kappa shape index (κ3) is 2.78. The normalized spacial score (nSPS) is 33.8. The first-order chi connectivity index (χ1) is 7.94. The van der Waals surface area contributed by atoms with Crippen molar-refractivity contribution in [2.45, 2.75) is 49.7 Å². The van der Waals surface area contributed by atoms with E-state index in [2.05, 4.69) is 0 Å². The Morgan fingerprint density at radius 3 is 2.41 bits per heavy atom. The van der Waals surface area contributed by atoms with Crippen LogP contribution < -0.4 is 5.73 Å². The summed E-state index contributed by atoms with van der Waals surface area (Å²) < 4.78 is 0. The van der Waals surface area contributed by atoms with Gasteiger partial charge in [-0.1, -0.05) is 19.3 Å². The Bertz CT molecular complexity index is 302. The molecule has 0 radical (unpaired) electrons. The molecule has 98 valence electrons. The first kappa shape index (κ1) is 12.8. The van der Waals surface area contributed by atoms with Crippen molar-refractivity contribution in [3.05, 3.63) is 0 Å². The second-order valence-corrected chi connectivity index (χ2v) is 5.71. The molecule has 1 aliphatic heterocycles. The van der Waals surface area contributed by atoms with E-state index in [9.17, 15) is 9.90 Å². The molecule has 0 amide bonds. The number of carboxylic acids is 1. The molecule has 1 saturated carbocycles. The summed E-state index contributed by atoms with van der Waals surface area (Å²) in [5.74, 6) is -0.935. The molecule has 0 spiro atoms. The molecule has 2 aliphatic rings. The molecule has 0 aromatic rings. The number of nitrogens with two attached hydrogens (primary N) is 1. The molecule has 1 heterocycles. The molecule has 2 rings (SSSR count). The monoisotopic (exact) mass is 242 g/mol. The highest BCUT2D eigenvalue weighted by Gasteiger charge is 2.43. The zero-order valence-electron chi connectivity index (χ0n) is 10.2. The SMILES string of the molecule is NC1(C(=O)O)CCN(CC2(O)CCCCC2)C1. The van der Waals surface area contributed by atoms with Gasteiger partial charge in [-0.05, 0) is 19.3 Å². The summed E-state index contributed by atoms with van der Waals surface area (Å²) in [5, 5.41) is 19.5. The van der Waals surface area contributed by atoms with Gasteiger partial charge in [-0.2, -0.15) is 0 Å². The van der Waals surface area contributed by atoms with Crippen LogP contribution in [0.1, 0.15) is 38.5 Å². The Balaban J connectivity index is 1.91. The summed E-state index contributed by atoms with van der Waals surface area (Å²) >= 11 is 0. The third-order valence-corrected chi connectivity index (χ3v) is 4.11. The lowest BCUT2D eigenvalue weighted by atomic mass is 9.84. The van der Waals surface area contributed by atoms with Crippen molar-refractivity contribution in [1.29, 1.82) is 0 Å².